The van der Waals surface area contributed by atoms with Crippen molar-refractivity contribution in [1.82, 2.24) is 15.0 Å². The van der Waals surface area contributed by atoms with E-state index in [1.165, 1.54) is 27.5 Å². The van der Waals surface area contributed by atoms with Gasteiger partial charge in [0.15, 0.2) is 17.5 Å². The van der Waals surface area contributed by atoms with Gasteiger partial charge in [-0.1, -0.05) is 92.7 Å². The number of rotatable bonds is 3. The smallest absolute Gasteiger partial charge is 0.164 e. The van der Waals surface area contributed by atoms with Crippen LogP contribution in [-0.4, -0.2) is 15.0 Å². The molecule has 0 spiro atoms. The van der Waals surface area contributed by atoms with Crippen LogP contribution >= 0.6 is 0 Å². The van der Waals surface area contributed by atoms with Crippen molar-refractivity contribution in [3.8, 4) is 45.7 Å². The van der Waals surface area contributed by atoms with Crippen LogP contribution in [-0.2, 0) is 11.8 Å². The topological polar surface area (TPSA) is 47.9 Å². The summed E-state index contributed by atoms with van der Waals surface area (Å²) in [7, 11) is 0. The highest BCUT2D eigenvalue weighted by Gasteiger charge is 2.34. The lowest BCUT2D eigenvalue weighted by Crippen LogP contribution is -2.24. The molecule has 2 aliphatic rings. The standard InChI is InChI=1S/C37H27N3O/c1-37(2)29-16-6-7-17-31(29)41-32-19-18-27(22-30(32)37)35-38-34(24-10-4-3-5-11-24)39-36(40-35)28-20-25-14-8-12-23-13-9-15-26(21-28)33(23)25/h3-12,14-22H,13H2,1-2H3. The number of hydrogen-bond acceptors (Lipinski definition) is 4. The molecule has 4 heteroatoms. The monoisotopic (exact) mass is 529 g/mol. The minimum Gasteiger partial charge on any atom is -0.457 e. The second kappa shape index (κ2) is 8.97. The van der Waals surface area contributed by atoms with Crippen molar-refractivity contribution in [1.29, 1.82) is 0 Å². The van der Waals surface area contributed by atoms with Gasteiger partial charge in [-0.25, -0.2) is 15.0 Å². The van der Waals surface area contributed by atoms with Gasteiger partial charge in [-0.15, -0.1) is 0 Å². The van der Waals surface area contributed by atoms with E-state index in [1.807, 2.05) is 48.5 Å². The van der Waals surface area contributed by atoms with E-state index in [0.717, 1.165) is 40.2 Å². The van der Waals surface area contributed by atoms with Crippen molar-refractivity contribution in [3.63, 3.8) is 0 Å². The zero-order valence-corrected chi connectivity index (χ0v) is 22.9. The molecule has 2 heterocycles. The molecule has 41 heavy (non-hydrogen) atoms. The minimum absolute atomic E-state index is 0.233. The van der Waals surface area contributed by atoms with Gasteiger partial charge >= 0.3 is 0 Å². The zero-order valence-electron chi connectivity index (χ0n) is 22.9. The van der Waals surface area contributed by atoms with E-state index < -0.39 is 0 Å². The normalized spacial score (nSPS) is 14.3. The van der Waals surface area contributed by atoms with E-state index in [9.17, 15) is 0 Å². The molecule has 6 aromatic rings. The first-order valence-electron chi connectivity index (χ1n) is 14.0. The fourth-order valence-corrected chi connectivity index (χ4v) is 6.22. The largest absolute Gasteiger partial charge is 0.457 e. The van der Waals surface area contributed by atoms with Gasteiger partial charge in [0.2, 0.25) is 0 Å². The molecule has 1 aromatic heterocycles. The Morgan fingerprint density at radius 2 is 1.34 bits per heavy atom. The lowest BCUT2D eigenvalue weighted by atomic mass is 9.75. The highest BCUT2D eigenvalue weighted by molar-refractivity contribution is 5.97. The SMILES string of the molecule is CC1(C)c2ccccc2Oc2ccc(-c3nc(-c4ccccc4)nc(-c4cc5c6c(cccc6c4)CC=C5)n3)cc21. The molecule has 0 saturated heterocycles. The molecule has 0 unspecified atom stereocenters. The molecule has 4 nitrogen and oxygen atoms in total. The fraction of sp³-hybridized carbons (Fsp3) is 0.108. The minimum atomic E-state index is -0.233. The molecular weight excluding hydrogens is 502 g/mol. The molecule has 0 atom stereocenters. The lowest BCUT2D eigenvalue weighted by Gasteiger charge is -2.34. The Hall–Kier alpha value is -5.09. The van der Waals surface area contributed by atoms with Crippen LogP contribution in [0.3, 0.4) is 0 Å². The van der Waals surface area contributed by atoms with Gasteiger partial charge in [-0.05, 0) is 64.7 Å². The van der Waals surface area contributed by atoms with Gasteiger partial charge < -0.3 is 4.74 Å². The van der Waals surface area contributed by atoms with Crippen LogP contribution in [0.5, 0.6) is 11.5 Å². The van der Waals surface area contributed by atoms with Crippen molar-refractivity contribution in [2.24, 2.45) is 0 Å². The Labute approximate surface area is 239 Å². The summed E-state index contributed by atoms with van der Waals surface area (Å²) in [4.78, 5) is 15.1. The average Bonchev–Trinajstić information content (AvgIpc) is 3.01. The van der Waals surface area contributed by atoms with Crippen LogP contribution in [0, 0.1) is 0 Å². The Bertz CT molecular complexity index is 2020. The summed E-state index contributed by atoms with van der Waals surface area (Å²) in [6.45, 7) is 4.49. The van der Waals surface area contributed by atoms with Crippen LogP contribution < -0.4 is 4.74 Å². The third-order valence-electron chi connectivity index (χ3n) is 8.35. The molecule has 0 fully saturated rings. The molecule has 1 aliphatic carbocycles. The molecule has 0 saturated carbocycles. The molecule has 1 aliphatic heterocycles. The van der Waals surface area contributed by atoms with Crippen LogP contribution in [0.25, 0.3) is 51.0 Å². The molecule has 8 rings (SSSR count). The Balaban J connectivity index is 1.32. The van der Waals surface area contributed by atoms with Crippen molar-refractivity contribution in [3.05, 3.63) is 131 Å². The number of fused-ring (bicyclic) bond motifs is 2. The molecule has 0 bridgehead atoms. The summed E-state index contributed by atoms with van der Waals surface area (Å²) in [6, 6.07) is 35.6. The van der Waals surface area contributed by atoms with Crippen molar-refractivity contribution in [2.75, 3.05) is 0 Å². The summed E-state index contributed by atoms with van der Waals surface area (Å²) < 4.78 is 6.31. The first kappa shape index (κ1) is 23.8. The Kier molecular flexibility index (Phi) is 5.20. The first-order valence-corrected chi connectivity index (χ1v) is 14.0. The summed E-state index contributed by atoms with van der Waals surface area (Å²) in [5.41, 5.74) is 7.48. The number of nitrogens with zero attached hydrogens (tertiary/aromatic N) is 3. The van der Waals surface area contributed by atoms with Crippen molar-refractivity contribution in [2.45, 2.75) is 25.7 Å². The molecule has 0 N–H and O–H groups in total. The third-order valence-corrected chi connectivity index (χ3v) is 8.35. The second-order valence-electron chi connectivity index (χ2n) is 11.3. The number of benzene rings is 5. The van der Waals surface area contributed by atoms with Crippen molar-refractivity contribution >= 4 is 16.8 Å². The maximum Gasteiger partial charge on any atom is 0.164 e. The number of allylic oxidation sites excluding steroid dienone is 1. The van der Waals surface area contributed by atoms with Gasteiger partial charge in [-0.3, -0.25) is 0 Å². The van der Waals surface area contributed by atoms with Gasteiger partial charge in [0.05, 0.1) is 0 Å². The molecule has 196 valence electrons. The molecule has 5 aromatic carbocycles. The maximum atomic E-state index is 6.31. The predicted octanol–water partition coefficient (Wildman–Crippen LogP) is 9.03. The number of aromatic nitrogens is 3. The highest BCUT2D eigenvalue weighted by Crippen LogP contribution is 2.48. The predicted molar refractivity (Wildman–Crippen MR) is 165 cm³/mol. The van der Waals surface area contributed by atoms with E-state index in [0.29, 0.717) is 17.5 Å². The number of para-hydroxylation sites is 1. The average molecular weight is 530 g/mol. The van der Waals surface area contributed by atoms with E-state index >= 15 is 0 Å². The summed E-state index contributed by atoms with van der Waals surface area (Å²) in [5, 5.41) is 2.52. The quantitative estimate of drug-likeness (QED) is 0.229. The third kappa shape index (κ3) is 3.86. The summed E-state index contributed by atoms with van der Waals surface area (Å²) in [5.74, 6) is 3.73. The van der Waals surface area contributed by atoms with Gasteiger partial charge in [0, 0.05) is 33.2 Å². The van der Waals surface area contributed by atoms with Crippen LogP contribution in [0.4, 0.5) is 0 Å². The van der Waals surface area contributed by atoms with Crippen molar-refractivity contribution < 1.29 is 4.74 Å². The van der Waals surface area contributed by atoms with Gasteiger partial charge in [0.1, 0.15) is 11.5 Å². The van der Waals surface area contributed by atoms with Gasteiger partial charge in [-0.2, -0.15) is 0 Å². The van der Waals surface area contributed by atoms with E-state index in [4.69, 9.17) is 19.7 Å². The molecule has 0 amide bonds. The second-order valence-corrected chi connectivity index (χ2v) is 11.3. The van der Waals surface area contributed by atoms with E-state index in [1.54, 1.807) is 0 Å². The van der Waals surface area contributed by atoms with Crippen LogP contribution in [0.1, 0.15) is 36.1 Å². The molecule has 0 radical (unpaired) electrons. The Morgan fingerprint density at radius 3 is 2.20 bits per heavy atom. The first-order chi connectivity index (χ1) is 20.0. The van der Waals surface area contributed by atoms with Gasteiger partial charge in [0.25, 0.3) is 0 Å². The number of ether oxygens (including phenoxy) is 1. The lowest BCUT2D eigenvalue weighted by molar-refractivity contribution is 0.418. The molecular formula is C37H27N3O. The highest BCUT2D eigenvalue weighted by atomic mass is 16.5. The van der Waals surface area contributed by atoms with Crippen LogP contribution in [0.15, 0.2) is 109 Å². The number of hydrogen-bond donors (Lipinski definition) is 0. The van der Waals surface area contributed by atoms with E-state index in [2.05, 4.69) is 80.6 Å². The Morgan fingerprint density at radius 1 is 0.610 bits per heavy atom. The maximum absolute atomic E-state index is 6.31. The summed E-state index contributed by atoms with van der Waals surface area (Å²) in [6.07, 6.45) is 5.40. The zero-order chi connectivity index (χ0) is 27.6. The summed E-state index contributed by atoms with van der Waals surface area (Å²) >= 11 is 0. The van der Waals surface area contributed by atoms with E-state index in [-0.39, 0.29) is 5.41 Å². The fourth-order valence-electron chi connectivity index (χ4n) is 6.22. The van der Waals surface area contributed by atoms with Crippen LogP contribution in [0.2, 0.25) is 0 Å².